The van der Waals surface area contributed by atoms with E-state index in [1.165, 1.54) is 5.56 Å². The van der Waals surface area contributed by atoms with Crippen LogP contribution in [0.5, 0.6) is 0 Å². The lowest BCUT2D eigenvalue weighted by Crippen LogP contribution is -2.34. The van der Waals surface area contributed by atoms with Crippen LogP contribution in [0.25, 0.3) is 0 Å². The number of likely N-dealkylation sites (tertiary alicyclic amines) is 1. The van der Waals surface area contributed by atoms with Crippen molar-refractivity contribution in [3.63, 3.8) is 0 Å². The third kappa shape index (κ3) is 3.07. The van der Waals surface area contributed by atoms with E-state index >= 15 is 0 Å². The first-order valence-electron chi connectivity index (χ1n) is 6.17. The van der Waals surface area contributed by atoms with Gasteiger partial charge in [-0.2, -0.15) is 0 Å². The van der Waals surface area contributed by atoms with Gasteiger partial charge in [0.05, 0.1) is 6.10 Å². The molecule has 3 heteroatoms. The van der Waals surface area contributed by atoms with Gasteiger partial charge in [-0.25, -0.2) is 0 Å². The Labute approximate surface area is 102 Å². The van der Waals surface area contributed by atoms with Crippen molar-refractivity contribution in [2.45, 2.75) is 25.9 Å². The highest BCUT2D eigenvalue weighted by atomic mass is 16.3. The minimum Gasteiger partial charge on any atom is -0.391 e. The molecule has 2 atom stereocenters. The highest BCUT2D eigenvalue weighted by Gasteiger charge is 2.27. The summed E-state index contributed by atoms with van der Waals surface area (Å²) in [5.74, 6) is 0.146. The van der Waals surface area contributed by atoms with Crippen LogP contribution >= 0.6 is 0 Å². The van der Waals surface area contributed by atoms with Crippen LogP contribution in [-0.2, 0) is 11.2 Å². The van der Waals surface area contributed by atoms with Gasteiger partial charge in [0.25, 0.3) is 0 Å². The van der Waals surface area contributed by atoms with E-state index in [2.05, 4.69) is 0 Å². The Morgan fingerprint density at radius 1 is 1.47 bits per heavy atom. The van der Waals surface area contributed by atoms with Gasteiger partial charge in [0.1, 0.15) is 0 Å². The summed E-state index contributed by atoms with van der Waals surface area (Å²) in [5, 5.41) is 9.43. The average molecular weight is 233 g/mol. The topological polar surface area (TPSA) is 40.5 Å². The van der Waals surface area contributed by atoms with E-state index in [4.69, 9.17) is 0 Å². The first-order chi connectivity index (χ1) is 8.16. The lowest BCUT2D eigenvalue weighted by molar-refractivity contribution is -0.134. The lowest BCUT2D eigenvalue weighted by atomic mass is 10.00. The number of carbonyl (C=O) groups excluding carboxylic acids is 1. The molecule has 1 aromatic carbocycles. The highest BCUT2D eigenvalue weighted by Crippen LogP contribution is 2.16. The number of amides is 1. The van der Waals surface area contributed by atoms with Gasteiger partial charge in [0.15, 0.2) is 0 Å². The number of aliphatic hydroxyl groups excluding tert-OH is 1. The molecular formula is C14H19NO2. The molecule has 1 amide bonds. The molecule has 1 unspecified atom stereocenters. The molecule has 92 valence electrons. The summed E-state index contributed by atoms with van der Waals surface area (Å²) in [6.45, 7) is 3.15. The Morgan fingerprint density at radius 3 is 2.76 bits per heavy atom. The summed E-state index contributed by atoms with van der Waals surface area (Å²) < 4.78 is 0. The fourth-order valence-corrected chi connectivity index (χ4v) is 2.31. The fraction of sp³-hybridized carbons (Fsp3) is 0.500. The first kappa shape index (κ1) is 12.1. The molecule has 1 aromatic rings. The zero-order chi connectivity index (χ0) is 12.3. The molecule has 0 bridgehead atoms. The van der Waals surface area contributed by atoms with Crippen molar-refractivity contribution in [1.29, 1.82) is 0 Å². The monoisotopic (exact) mass is 233 g/mol. The fourth-order valence-electron chi connectivity index (χ4n) is 2.31. The van der Waals surface area contributed by atoms with Crippen LogP contribution in [0.2, 0.25) is 0 Å². The second-order valence-corrected chi connectivity index (χ2v) is 4.82. The minimum atomic E-state index is -0.331. The number of benzene rings is 1. The third-order valence-electron chi connectivity index (χ3n) is 3.28. The number of hydrogen-bond acceptors (Lipinski definition) is 2. The van der Waals surface area contributed by atoms with Crippen molar-refractivity contribution in [2.24, 2.45) is 5.92 Å². The van der Waals surface area contributed by atoms with Gasteiger partial charge in [-0.15, -0.1) is 0 Å². The number of hydrogen-bond donors (Lipinski definition) is 1. The quantitative estimate of drug-likeness (QED) is 0.858. The van der Waals surface area contributed by atoms with E-state index in [1.807, 2.05) is 37.3 Å². The SMILES string of the molecule is CC(Cc1ccccc1)C(=O)N1CC[C@@H](O)C1. The van der Waals surface area contributed by atoms with E-state index in [9.17, 15) is 9.90 Å². The molecule has 0 aliphatic carbocycles. The van der Waals surface area contributed by atoms with E-state index in [0.717, 1.165) is 6.42 Å². The summed E-state index contributed by atoms with van der Waals surface area (Å²) >= 11 is 0. The zero-order valence-electron chi connectivity index (χ0n) is 10.2. The molecule has 0 saturated carbocycles. The Bertz CT molecular complexity index is 377. The van der Waals surface area contributed by atoms with E-state index < -0.39 is 0 Å². The molecule has 1 heterocycles. The van der Waals surface area contributed by atoms with E-state index in [-0.39, 0.29) is 17.9 Å². The van der Waals surface area contributed by atoms with Crippen molar-refractivity contribution in [1.82, 2.24) is 4.90 Å². The molecule has 2 rings (SSSR count). The minimum absolute atomic E-state index is 0.0114. The summed E-state index contributed by atoms with van der Waals surface area (Å²) in [5.41, 5.74) is 1.19. The van der Waals surface area contributed by atoms with Crippen LogP contribution in [0.15, 0.2) is 30.3 Å². The average Bonchev–Trinajstić information content (AvgIpc) is 2.76. The van der Waals surface area contributed by atoms with Gasteiger partial charge < -0.3 is 10.0 Å². The van der Waals surface area contributed by atoms with Gasteiger partial charge >= 0.3 is 0 Å². The summed E-state index contributed by atoms with van der Waals surface area (Å²) in [4.78, 5) is 13.9. The maximum Gasteiger partial charge on any atom is 0.225 e. The van der Waals surface area contributed by atoms with Crippen LogP contribution in [0.1, 0.15) is 18.9 Å². The van der Waals surface area contributed by atoms with E-state index in [0.29, 0.717) is 19.5 Å². The molecule has 1 fully saturated rings. The second-order valence-electron chi connectivity index (χ2n) is 4.82. The van der Waals surface area contributed by atoms with Crippen molar-refractivity contribution in [3.05, 3.63) is 35.9 Å². The molecule has 1 aliphatic heterocycles. The molecule has 1 N–H and O–H groups in total. The third-order valence-corrected chi connectivity index (χ3v) is 3.28. The largest absolute Gasteiger partial charge is 0.391 e. The molecule has 0 spiro atoms. The lowest BCUT2D eigenvalue weighted by Gasteiger charge is -2.20. The molecule has 3 nitrogen and oxygen atoms in total. The molecular weight excluding hydrogens is 214 g/mol. The van der Waals surface area contributed by atoms with E-state index in [1.54, 1.807) is 4.90 Å². The number of β-amino-alcohol motifs (C(OH)–C–C–N with tert-alkyl or cyclic N) is 1. The van der Waals surface area contributed by atoms with Crippen LogP contribution in [0, 0.1) is 5.92 Å². The molecule has 1 saturated heterocycles. The maximum absolute atomic E-state index is 12.1. The number of nitrogens with zero attached hydrogens (tertiary/aromatic N) is 1. The Hall–Kier alpha value is -1.35. The predicted molar refractivity (Wildman–Crippen MR) is 66.5 cm³/mol. The van der Waals surface area contributed by atoms with Gasteiger partial charge in [0, 0.05) is 19.0 Å². The first-order valence-corrected chi connectivity index (χ1v) is 6.17. The Balaban J connectivity index is 1.92. The van der Waals surface area contributed by atoms with Crippen LogP contribution in [0.4, 0.5) is 0 Å². The summed E-state index contributed by atoms with van der Waals surface area (Å²) in [6.07, 6.45) is 1.15. The zero-order valence-corrected chi connectivity index (χ0v) is 10.2. The van der Waals surface area contributed by atoms with Gasteiger partial charge in [0.2, 0.25) is 5.91 Å². The standard InChI is InChI=1S/C14H19NO2/c1-11(9-12-5-3-2-4-6-12)14(17)15-8-7-13(16)10-15/h2-6,11,13,16H,7-10H2,1H3/t11?,13-/m1/s1. The summed E-state index contributed by atoms with van der Waals surface area (Å²) in [6, 6.07) is 10.1. The van der Waals surface area contributed by atoms with Crippen molar-refractivity contribution < 1.29 is 9.90 Å². The van der Waals surface area contributed by atoms with Crippen LogP contribution in [-0.4, -0.2) is 35.1 Å². The number of rotatable bonds is 3. The maximum atomic E-state index is 12.1. The Morgan fingerprint density at radius 2 is 2.18 bits per heavy atom. The second kappa shape index (κ2) is 5.32. The number of aliphatic hydroxyl groups is 1. The smallest absolute Gasteiger partial charge is 0.225 e. The van der Waals surface area contributed by atoms with Crippen molar-refractivity contribution in [2.75, 3.05) is 13.1 Å². The summed E-state index contributed by atoms with van der Waals surface area (Å²) in [7, 11) is 0. The van der Waals surface area contributed by atoms with Gasteiger partial charge in [-0.1, -0.05) is 37.3 Å². The van der Waals surface area contributed by atoms with Crippen molar-refractivity contribution >= 4 is 5.91 Å². The molecule has 17 heavy (non-hydrogen) atoms. The normalized spacial score (nSPS) is 21.5. The molecule has 0 radical (unpaired) electrons. The molecule has 0 aromatic heterocycles. The Kier molecular flexibility index (Phi) is 3.79. The predicted octanol–water partition coefficient (Wildman–Crippen LogP) is 1.46. The van der Waals surface area contributed by atoms with Crippen molar-refractivity contribution in [3.8, 4) is 0 Å². The van der Waals surface area contributed by atoms with Gasteiger partial charge in [-0.05, 0) is 18.4 Å². The molecule has 1 aliphatic rings. The van der Waals surface area contributed by atoms with Crippen LogP contribution < -0.4 is 0 Å². The van der Waals surface area contributed by atoms with Gasteiger partial charge in [-0.3, -0.25) is 4.79 Å². The van der Waals surface area contributed by atoms with Crippen LogP contribution in [0.3, 0.4) is 0 Å². The number of carbonyl (C=O) groups is 1. The highest BCUT2D eigenvalue weighted by molar-refractivity contribution is 5.79.